The Morgan fingerprint density at radius 3 is 2.71 bits per heavy atom. The van der Waals surface area contributed by atoms with Gasteiger partial charge in [0, 0.05) is 11.0 Å². The van der Waals surface area contributed by atoms with Gasteiger partial charge in [-0.3, -0.25) is 4.79 Å². The number of rotatable bonds is 5. The van der Waals surface area contributed by atoms with Crippen molar-refractivity contribution in [2.24, 2.45) is 0 Å². The quantitative estimate of drug-likeness (QED) is 0.831. The molecule has 0 radical (unpaired) electrons. The van der Waals surface area contributed by atoms with E-state index in [0.29, 0.717) is 15.5 Å². The summed E-state index contributed by atoms with van der Waals surface area (Å²) in [5.41, 5.74) is 0. The van der Waals surface area contributed by atoms with E-state index in [1.807, 2.05) is 26.0 Å². The molecule has 6 heteroatoms. The first-order chi connectivity index (χ1) is 9.95. The van der Waals surface area contributed by atoms with Crippen LogP contribution in [0.25, 0.3) is 6.08 Å². The van der Waals surface area contributed by atoms with E-state index in [0.717, 1.165) is 11.8 Å². The summed E-state index contributed by atoms with van der Waals surface area (Å²) >= 11 is 1.23. The van der Waals surface area contributed by atoms with Gasteiger partial charge in [0.2, 0.25) is 0 Å². The Labute approximate surface area is 125 Å². The summed E-state index contributed by atoms with van der Waals surface area (Å²) in [5.74, 6) is 0.263. The van der Waals surface area contributed by atoms with Crippen LogP contribution in [0.2, 0.25) is 0 Å². The molecule has 1 amide bonds. The molecule has 5 nitrogen and oxygen atoms in total. The Kier molecular flexibility index (Phi) is 4.59. The van der Waals surface area contributed by atoms with E-state index in [1.54, 1.807) is 12.1 Å². The van der Waals surface area contributed by atoms with Crippen molar-refractivity contribution >= 4 is 29.3 Å². The third-order valence-corrected chi connectivity index (χ3v) is 3.83. The Hall–Kier alpha value is -2.34. The third-order valence-electron chi connectivity index (χ3n) is 2.78. The Balaban J connectivity index is 2.02. The van der Waals surface area contributed by atoms with E-state index in [9.17, 15) is 9.59 Å². The first-order valence-electron chi connectivity index (χ1n) is 6.34. The molecule has 0 spiro atoms. The highest BCUT2D eigenvalue weighted by Crippen LogP contribution is 2.20. The molecule has 110 valence electrons. The molecular weight excluding hydrogens is 290 g/mol. The predicted molar refractivity (Wildman–Crippen MR) is 80.3 cm³/mol. The van der Waals surface area contributed by atoms with E-state index in [4.69, 9.17) is 9.52 Å². The van der Waals surface area contributed by atoms with Crippen LogP contribution >= 0.6 is 11.3 Å². The largest absolute Gasteiger partial charge is 0.478 e. The van der Waals surface area contributed by atoms with Gasteiger partial charge in [-0.05, 0) is 44.2 Å². The number of carboxylic acids is 1. The topological polar surface area (TPSA) is 79.5 Å². The average Bonchev–Trinajstić information content (AvgIpc) is 3.05. The van der Waals surface area contributed by atoms with Crippen molar-refractivity contribution in [3.8, 4) is 0 Å². The lowest BCUT2D eigenvalue weighted by Crippen LogP contribution is -2.25. The number of carbonyl (C=O) groups excluding carboxylic acids is 1. The molecule has 2 N–H and O–H groups in total. The standard InChI is InChI=1S/C15H15NO4S/c1-9-3-6-12(20-9)10(2)16-15(19)13-7-4-11(21-13)5-8-14(17)18/h3-8,10H,1-2H3,(H,16,19)(H,17,18). The van der Waals surface area contributed by atoms with Crippen LogP contribution in [0.15, 0.2) is 34.8 Å². The molecule has 1 atom stereocenters. The van der Waals surface area contributed by atoms with Gasteiger partial charge in [0.25, 0.3) is 5.91 Å². The lowest BCUT2D eigenvalue weighted by molar-refractivity contribution is -0.131. The zero-order valence-corrected chi connectivity index (χ0v) is 12.4. The molecule has 0 saturated carbocycles. The maximum absolute atomic E-state index is 12.1. The lowest BCUT2D eigenvalue weighted by Gasteiger charge is -2.10. The highest BCUT2D eigenvalue weighted by molar-refractivity contribution is 7.14. The van der Waals surface area contributed by atoms with Crippen LogP contribution in [0.3, 0.4) is 0 Å². The number of hydrogen-bond donors (Lipinski definition) is 2. The van der Waals surface area contributed by atoms with Crippen LogP contribution in [-0.2, 0) is 4.79 Å². The van der Waals surface area contributed by atoms with Gasteiger partial charge in [0.1, 0.15) is 11.5 Å². The minimum atomic E-state index is -1.02. The van der Waals surface area contributed by atoms with E-state index in [2.05, 4.69) is 5.32 Å². The molecule has 0 aromatic carbocycles. The van der Waals surface area contributed by atoms with Crippen LogP contribution in [0.1, 0.15) is 39.0 Å². The third kappa shape index (κ3) is 4.06. The molecule has 0 aliphatic rings. The zero-order valence-electron chi connectivity index (χ0n) is 11.6. The smallest absolute Gasteiger partial charge is 0.328 e. The van der Waals surface area contributed by atoms with Gasteiger partial charge in [-0.15, -0.1) is 11.3 Å². The monoisotopic (exact) mass is 305 g/mol. The molecule has 2 heterocycles. The Morgan fingerprint density at radius 1 is 1.33 bits per heavy atom. The molecule has 0 aliphatic carbocycles. The molecule has 0 aliphatic heterocycles. The van der Waals surface area contributed by atoms with Crippen molar-refractivity contribution in [1.82, 2.24) is 5.32 Å². The number of carboxylic acid groups (broad SMARTS) is 1. The summed E-state index contributed by atoms with van der Waals surface area (Å²) in [7, 11) is 0. The zero-order chi connectivity index (χ0) is 15.4. The normalized spacial score (nSPS) is 12.5. The average molecular weight is 305 g/mol. The van der Waals surface area contributed by atoms with E-state index in [1.165, 1.54) is 17.4 Å². The number of thiophene rings is 1. The maximum atomic E-state index is 12.1. The summed E-state index contributed by atoms with van der Waals surface area (Å²) in [4.78, 5) is 23.8. The number of nitrogens with one attached hydrogen (secondary N) is 1. The molecule has 21 heavy (non-hydrogen) atoms. The molecule has 0 bridgehead atoms. The fourth-order valence-electron chi connectivity index (χ4n) is 1.74. The second-order valence-electron chi connectivity index (χ2n) is 4.52. The number of carbonyl (C=O) groups is 2. The van der Waals surface area contributed by atoms with Gasteiger partial charge in [-0.1, -0.05) is 0 Å². The Morgan fingerprint density at radius 2 is 2.10 bits per heavy atom. The SMILES string of the molecule is Cc1ccc(C(C)NC(=O)c2ccc(C=CC(=O)O)s2)o1. The molecule has 2 rings (SSSR count). The highest BCUT2D eigenvalue weighted by atomic mass is 32.1. The van der Waals surface area contributed by atoms with Gasteiger partial charge in [-0.2, -0.15) is 0 Å². The van der Waals surface area contributed by atoms with Gasteiger partial charge in [0.05, 0.1) is 10.9 Å². The Bertz CT molecular complexity index is 683. The number of amides is 1. The molecule has 1 unspecified atom stereocenters. The molecular formula is C15H15NO4S. The lowest BCUT2D eigenvalue weighted by atomic mass is 10.2. The van der Waals surface area contributed by atoms with Crippen molar-refractivity contribution in [3.05, 3.63) is 51.6 Å². The summed E-state index contributed by atoms with van der Waals surface area (Å²) in [6, 6.07) is 6.82. The van der Waals surface area contributed by atoms with Crippen molar-refractivity contribution in [2.75, 3.05) is 0 Å². The number of aliphatic carboxylic acids is 1. The minimum absolute atomic E-state index is 0.212. The maximum Gasteiger partial charge on any atom is 0.328 e. The van der Waals surface area contributed by atoms with Crippen LogP contribution < -0.4 is 5.32 Å². The molecule has 0 fully saturated rings. The summed E-state index contributed by atoms with van der Waals surface area (Å²) in [5, 5.41) is 11.4. The summed E-state index contributed by atoms with van der Waals surface area (Å²) in [6.45, 7) is 3.69. The second-order valence-corrected chi connectivity index (χ2v) is 5.63. The van der Waals surface area contributed by atoms with Crippen LogP contribution in [0.5, 0.6) is 0 Å². The van der Waals surface area contributed by atoms with Gasteiger partial charge >= 0.3 is 5.97 Å². The van der Waals surface area contributed by atoms with Crippen LogP contribution in [0.4, 0.5) is 0 Å². The summed E-state index contributed by atoms with van der Waals surface area (Å²) in [6.07, 6.45) is 2.50. The fraction of sp³-hybridized carbons (Fsp3) is 0.200. The highest BCUT2D eigenvalue weighted by Gasteiger charge is 2.15. The van der Waals surface area contributed by atoms with E-state index in [-0.39, 0.29) is 11.9 Å². The van der Waals surface area contributed by atoms with E-state index < -0.39 is 5.97 Å². The van der Waals surface area contributed by atoms with Gasteiger partial charge in [0.15, 0.2) is 0 Å². The van der Waals surface area contributed by atoms with Gasteiger partial charge in [-0.25, -0.2) is 4.79 Å². The number of hydrogen-bond acceptors (Lipinski definition) is 4. The van der Waals surface area contributed by atoms with E-state index >= 15 is 0 Å². The molecule has 0 saturated heterocycles. The first-order valence-corrected chi connectivity index (χ1v) is 7.15. The predicted octanol–water partition coefficient (Wildman–Crippen LogP) is 3.24. The molecule has 2 aromatic rings. The second kappa shape index (κ2) is 6.41. The summed E-state index contributed by atoms with van der Waals surface area (Å²) < 4.78 is 5.46. The van der Waals surface area contributed by atoms with Gasteiger partial charge < -0.3 is 14.8 Å². The van der Waals surface area contributed by atoms with Crippen LogP contribution in [0, 0.1) is 6.92 Å². The van der Waals surface area contributed by atoms with Crippen molar-refractivity contribution in [1.29, 1.82) is 0 Å². The molecule has 2 aromatic heterocycles. The number of furan rings is 1. The van der Waals surface area contributed by atoms with Crippen molar-refractivity contribution in [3.63, 3.8) is 0 Å². The number of aryl methyl sites for hydroxylation is 1. The van der Waals surface area contributed by atoms with Crippen molar-refractivity contribution in [2.45, 2.75) is 19.9 Å². The van der Waals surface area contributed by atoms with Crippen molar-refractivity contribution < 1.29 is 19.1 Å². The first kappa shape index (κ1) is 15.1. The van der Waals surface area contributed by atoms with Crippen LogP contribution in [-0.4, -0.2) is 17.0 Å². The minimum Gasteiger partial charge on any atom is -0.478 e. The fourth-order valence-corrected chi connectivity index (χ4v) is 2.56.